The Bertz CT molecular complexity index is 490. The summed E-state index contributed by atoms with van der Waals surface area (Å²) in [6.07, 6.45) is 4.14. The van der Waals surface area contributed by atoms with Gasteiger partial charge in [0.25, 0.3) is 5.91 Å². The number of hydrogen-bond donors (Lipinski definition) is 2. The summed E-state index contributed by atoms with van der Waals surface area (Å²) in [6.45, 7) is 0. The van der Waals surface area contributed by atoms with Gasteiger partial charge in [0.1, 0.15) is 11.7 Å². The minimum absolute atomic E-state index is 0.00380. The van der Waals surface area contributed by atoms with E-state index in [0.29, 0.717) is 18.4 Å². The van der Waals surface area contributed by atoms with Crippen LogP contribution in [0.2, 0.25) is 0 Å². The number of carbonyl (C=O) groups is 1. The lowest BCUT2D eigenvalue weighted by molar-refractivity contribution is -0.137. The number of nitriles is 2. The number of nitrogens with zero attached hydrogens (tertiary/aromatic N) is 3. The molecular formula is C12H15N5O. The van der Waals surface area contributed by atoms with Crippen LogP contribution in [-0.4, -0.2) is 10.9 Å². The van der Waals surface area contributed by atoms with E-state index in [1.165, 1.54) is 0 Å². The molecule has 6 heteroatoms. The number of nitrogens with two attached hydrogens (primary N) is 2. The first-order valence-electron chi connectivity index (χ1n) is 5.97. The summed E-state index contributed by atoms with van der Waals surface area (Å²) in [7, 11) is 0. The molecule has 0 bridgehead atoms. The summed E-state index contributed by atoms with van der Waals surface area (Å²) in [5.41, 5.74) is 5.35. The minimum atomic E-state index is -0.898. The zero-order chi connectivity index (χ0) is 13.3. The van der Waals surface area contributed by atoms with Gasteiger partial charge >= 0.3 is 0 Å². The van der Waals surface area contributed by atoms with Crippen molar-refractivity contribution in [2.24, 2.45) is 22.9 Å². The van der Waals surface area contributed by atoms with Gasteiger partial charge < -0.3 is 5.73 Å². The SMILES string of the molecule is N#CC1=C(N)N(N)C(=O)C(C#N)C12CCCCC2. The molecule has 1 aliphatic carbocycles. The van der Waals surface area contributed by atoms with Gasteiger partial charge in [-0.3, -0.25) is 4.79 Å². The molecule has 1 fully saturated rings. The fraction of sp³-hybridized carbons (Fsp3) is 0.583. The number of carbonyl (C=O) groups excluding carboxylic acids is 1. The van der Waals surface area contributed by atoms with Crippen LogP contribution < -0.4 is 11.6 Å². The van der Waals surface area contributed by atoms with Crippen molar-refractivity contribution in [1.82, 2.24) is 5.01 Å². The van der Waals surface area contributed by atoms with E-state index < -0.39 is 17.2 Å². The second kappa shape index (κ2) is 4.32. The van der Waals surface area contributed by atoms with E-state index in [-0.39, 0.29) is 5.82 Å². The molecule has 1 spiro atoms. The average molecular weight is 245 g/mol. The van der Waals surface area contributed by atoms with E-state index in [1.807, 2.05) is 6.07 Å². The Kier molecular flexibility index (Phi) is 2.98. The molecular weight excluding hydrogens is 230 g/mol. The predicted octanol–water partition coefficient (Wildman–Crippen LogP) is 0.486. The van der Waals surface area contributed by atoms with Crippen LogP contribution in [0.25, 0.3) is 0 Å². The lowest BCUT2D eigenvalue weighted by Crippen LogP contribution is -2.55. The van der Waals surface area contributed by atoms with Crippen LogP contribution >= 0.6 is 0 Å². The van der Waals surface area contributed by atoms with Gasteiger partial charge in [0, 0.05) is 5.41 Å². The van der Waals surface area contributed by atoms with Gasteiger partial charge in [-0.15, -0.1) is 0 Å². The van der Waals surface area contributed by atoms with Crippen LogP contribution in [0.4, 0.5) is 0 Å². The van der Waals surface area contributed by atoms with Gasteiger partial charge in [0.05, 0.1) is 17.7 Å². The smallest absolute Gasteiger partial charge is 0.260 e. The van der Waals surface area contributed by atoms with E-state index in [1.54, 1.807) is 0 Å². The van der Waals surface area contributed by atoms with Crippen LogP contribution in [0.3, 0.4) is 0 Å². The van der Waals surface area contributed by atoms with E-state index in [9.17, 15) is 15.3 Å². The largest absolute Gasteiger partial charge is 0.383 e. The molecule has 0 aromatic rings. The third kappa shape index (κ3) is 1.47. The summed E-state index contributed by atoms with van der Waals surface area (Å²) in [5.74, 6) is 4.14. The molecule has 2 aliphatic rings. The highest BCUT2D eigenvalue weighted by atomic mass is 16.2. The van der Waals surface area contributed by atoms with Crippen LogP contribution in [0.15, 0.2) is 11.4 Å². The van der Waals surface area contributed by atoms with Crippen LogP contribution in [0, 0.1) is 34.0 Å². The summed E-state index contributed by atoms with van der Waals surface area (Å²) in [5, 5.41) is 19.3. The molecule has 1 amide bonds. The van der Waals surface area contributed by atoms with Gasteiger partial charge in [-0.25, -0.2) is 10.9 Å². The molecule has 1 unspecified atom stereocenters. The molecule has 4 N–H and O–H groups in total. The summed E-state index contributed by atoms with van der Waals surface area (Å²) < 4.78 is 0. The predicted molar refractivity (Wildman–Crippen MR) is 62.5 cm³/mol. The molecule has 1 saturated carbocycles. The van der Waals surface area contributed by atoms with E-state index in [2.05, 4.69) is 6.07 Å². The average Bonchev–Trinajstić information content (AvgIpc) is 2.39. The molecule has 1 aliphatic heterocycles. The first-order valence-corrected chi connectivity index (χ1v) is 5.97. The molecule has 0 aromatic heterocycles. The molecule has 1 heterocycles. The molecule has 6 nitrogen and oxygen atoms in total. The van der Waals surface area contributed by atoms with Crippen LogP contribution in [0.1, 0.15) is 32.1 Å². The molecule has 0 aromatic carbocycles. The Balaban J connectivity index is 2.61. The lowest BCUT2D eigenvalue weighted by atomic mass is 9.60. The van der Waals surface area contributed by atoms with Crippen molar-refractivity contribution in [3.63, 3.8) is 0 Å². The zero-order valence-corrected chi connectivity index (χ0v) is 10.0. The van der Waals surface area contributed by atoms with Gasteiger partial charge in [0.15, 0.2) is 0 Å². The standard InChI is InChI=1S/C12H15N5O/c13-6-8-10(15)17(16)11(18)9(7-14)12(8)4-2-1-3-5-12/h9H,1-5,15-16H2. The molecule has 1 atom stereocenters. The highest BCUT2D eigenvalue weighted by Crippen LogP contribution is 2.51. The van der Waals surface area contributed by atoms with E-state index in [4.69, 9.17) is 11.6 Å². The van der Waals surface area contributed by atoms with Crippen LogP contribution in [-0.2, 0) is 4.79 Å². The normalized spacial score (nSPS) is 26.9. The van der Waals surface area contributed by atoms with Crippen LogP contribution in [0.5, 0.6) is 0 Å². The third-order valence-electron chi connectivity index (χ3n) is 4.04. The van der Waals surface area contributed by atoms with Gasteiger partial charge in [0.2, 0.25) is 0 Å². The number of hydrogen-bond acceptors (Lipinski definition) is 5. The highest BCUT2D eigenvalue weighted by molar-refractivity contribution is 5.86. The summed E-state index contributed by atoms with van der Waals surface area (Å²) in [4.78, 5) is 12.1. The Morgan fingerprint density at radius 1 is 1.28 bits per heavy atom. The van der Waals surface area contributed by atoms with Crippen molar-refractivity contribution in [2.45, 2.75) is 32.1 Å². The first-order chi connectivity index (χ1) is 8.58. The van der Waals surface area contributed by atoms with Crippen molar-refractivity contribution in [1.29, 1.82) is 10.5 Å². The topological polar surface area (TPSA) is 120 Å². The second-order valence-electron chi connectivity index (χ2n) is 4.86. The Labute approximate surface area is 105 Å². The molecule has 2 rings (SSSR count). The number of allylic oxidation sites excluding steroid dienone is 1. The minimum Gasteiger partial charge on any atom is -0.383 e. The summed E-state index contributed by atoms with van der Waals surface area (Å²) >= 11 is 0. The molecule has 18 heavy (non-hydrogen) atoms. The maximum atomic E-state index is 12.1. The zero-order valence-electron chi connectivity index (χ0n) is 10.0. The first kappa shape index (κ1) is 12.4. The summed E-state index contributed by atoms with van der Waals surface area (Å²) in [6, 6.07) is 4.08. The molecule has 94 valence electrons. The van der Waals surface area contributed by atoms with Crippen molar-refractivity contribution < 1.29 is 4.79 Å². The van der Waals surface area contributed by atoms with Crippen molar-refractivity contribution >= 4 is 5.91 Å². The third-order valence-corrected chi connectivity index (χ3v) is 4.04. The van der Waals surface area contributed by atoms with Crippen molar-refractivity contribution in [3.05, 3.63) is 11.4 Å². The second-order valence-corrected chi connectivity index (χ2v) is 4.86. The molecule has 0 saturated heterocycles. The van der Waals surface area contributed by atoms with Crippen molar-refractivity contribution in [2.75, 3.05) is 0 Å². The van der Waals surface area contributed by atoms with E-state index in [0.717, 1.165) is 24.3 Å². The van der Waals surface area contributed by atoms with Gasteiger partial charge in [-0.2, -0.15) is 10.5 Å². The Morgan fingerprint density at radius 2 is 1.89 bits per heavy atom. The Morgan fingerprint density at radius 3 is 2.39 bits per heavy atom. The maximum absolute atomic E-state index is 12.1. The maximum Gasteiger partial charge on any atom is 0.260 e. The quantitative estimate of drug-likeness (QED) is 0.475. The highest BCUT2D eigenvalue weighted by Gasteiger charge is 2.53. The number of hydrazine groups is 1. The van der Waals surface area contributed by atoms with Gasteiger partial charge in [-0.05, 0) is 12.8 Å². The lowest BCUT2D eigenvalue weighted by Gasteiger charge is -2.44. The number of amides is 1. The van der Waals surface area contributed by atoms with E-state index >= 15 is 0 Å². The number of rotatable bonds is 0. The monoisotopic (exact) mass is 245 g/mol. The fourth-order valence-corrected chi connectivity index (χ4v) is 3.08. The fourth-order valence-electron chi connectivity index (χ4n) is 3.08. The van der Waals surface area contributed by atoms with Crippen molar-refractivity contribution in [3.8, 4) is 12.1 Å². The Hall–Kier alpha value is -2.05. The van der Waals surface area contributed by atoms with Gasteiger partial charge in [-0.1, -0.05) is 19.3 Å². The molecule has 0 radical (unpaired) electrons.